The molecule has 0 aliphatic carbocycles. The van der Waals surface area contributed by atoms with E-state index in [2.05, 4.69) is 5.32 Å². The number of furan rings is 1. The highest BCUT2D eigenvalue weighted by Crippen LogP contribution is 2.33. The minimum absolute atomic E-state index is 0.171. The van der Waals surface area contributed by atoms with E-state index in [9.17, 15) is 18.0 Å². The quantitative estimate of drug-likeness (QED) is 0.845. The molecule has 1 N–H and O–H groups in total. The zero-order valence-corrected chi connectivity index (χ0v) is 12.1. The van der Waals surface area contributed by atoms with Crippen molar-refractivity contribution < 1.29 is 22.4 Å². The van der Waals surface area contributed by atoms with Gasteiger partial charge in [-0.1, -0.05) is 0 Å². The monoisotopic (exact) mass is 307 g/mol. The second-order valence-electron chi connectivity index (χ2n) is 5.12. The number of hydrogen-bond donors (Lipinski definition) is 1. The number of carbonyl (C=O) groups excluding carboxylic acids is 2. The summed E-state index contributed by atoms with van der Waals surface area (Å²) >= 11 is 0. The number of nitrogens with one attached hydrogen (secondary N) is 1. The normalized spacial score (nSPS) is 19.8. The van der Waals surface area contributed by atoms with Gasteiger partial charge in [0.15, 0.2) is 9.84 Å². The molecule has 1 unspecified atom stereocenters. The molecule has 21 heavy (non-hydrogen) atoms. The average Bonchev–Trinajstić information content (AvgIpc) is 2.80. The standard InChI is InChI=1S/C14H13NO5S/c1-21(18,19)8-2-4-12-10(6-8)11(7-20-12)9-3-5-13(16)15-14(9)17/h2,4,6-7,9H,3,5H2,1H3,(H,15,16,17). The van der Waals surface area contributed by atoms with Crippen LogP contribution in [-0.4, -0.2) is 26.5 Å². The van der Waals surface area contributed by atoms with Crippen LogP contribution in [0.3, 0.4) is 0 Å². The number of sulfone groups is 1. The molecular formula is C14H13NO5S. The molecule has 3 rings (SSSR count). The molecular weight excluding hydrogens is 294 g/mol. The second kappa shape index (κ2) is 4.70. The predicted octanol–water partition coefficient (Wildman–Crippen LogP) is 1.36. The van der Waals surface area contributed by atoms with Crippen molar-refractivity contribution in [3.63, 3.8) is 0 Å². The molecule has 1 atom stereocenters. The van der Waals surface area contributed by atoms with Crippen molar-refractivity contribution in [2.24, 2.45) is 0 Å². The number of hydrogen-bond acceptors (Lipinski definition) is 5. The Labute approximate surface area is 121 Å². The van der Waals surface area contributed by atoms with Gasteiger partial charge in [0, 0.05) is 23.6 Å². The fraction of sp³-hybridized carbons (Fsp3) is 0.286. The van der Waals surface area contributed by atoms with Gasteiger partial charge in [0.2, 0.25) is 11.8 Å². The largest absolute Gasteiger partial charge is 0.464 e. The van der Waals surface area contributed by atoms with Crippen LogP contribution in [-0.2, 0) is 19.4 Å². The number of imide groups is 1. The van der Waals surface area contributed by atoms with Crippen LogP contribution in [0.15, 0.2) is 33.8 Å². The van der Waals surface area contributed by atoms with Crippen molar-refractivity contribution in [3.05, 3.63) is 30.0 Å². The lowest BCUT2D eigenvalue weighted by atomic mass is 9.90. The van der Waals surface area contributed by atoms with Gasteiger partial charge >= 0.3 is 0 Å². The lowest BCUT2D eigenvalue weighted by molar-refractivity contribution is -0.134. The molecule has 2 aromatic rings. The molecule has 2 heterocycles. The molecule has 110 valence electrons. The maximum absolute atomic E-state index is 11.9. The molecule has 1 aromatic heterocycles. The molecule has 1 aliphatic rings. The maximum atomic E-state index is 11.9. The summed E-state index contributed by atoms with van der Waals surface area (Å²) in [5, 5.41) is 2.88. The summed E-state index contributed by atoms with van der Waals surface area (Å²) in [7, 11) is -3.34. The number of piperidine rings is 1. The Morgan fingerprint density at radius 2 is 2.05 bits per heavy atom. The fourth-order valence-corrected chi connectivity index (χ4v) is 3.17. The molecule has 0 spiro atoms. The summed E-state index contributed by atoms with van der Waals surface area (Å²) in [5.74, 6) is -1.17. The Hall–Kier alpha value is -2.15. The van der Waals surface area contributed by atoms with Crippen LogP contribution in [0.4, 0.5) is 0 Å². The summed E-state index contributed by atoms with van der Waals surface area (Å²) in [6, 6.07) is 4.55. The Morgan fingerprint density at radius 1 is 1.29 bits per heavy atom. The van der Waals surface area contributed by atoms with Crippen molar-refractivity contribution in [2.75, 3.05) is 6.26 Å². The SMILES string of the molecule is CS(=O)(=O)c1ccc2occ(C3CCC(=O)NC3=O)c2c1. The van der Waals surface area contributed by atoms with E-state index in [-0.39, 0.29) is 23.1 Å². The lowest BCUT2D eigenvalue weighted by Crippen LogP contribution is -2.39. The molecule has 7 heteroatoms. The van der Waals surface area contributed by atoms with Gasteiger partial charge in [-0.3, -0.25) is 14.9 Å². The zero-order valence-electron chi connectivity index (χ0n) is 11.3. The molecule has 2 amide bonds. The molecule has 0 saturated carbocycles. The number of amides is 2. The highest BCUT2D eigenvalue weighted by Gasteiger charge is 2.30. The third-order valence-corrected chi connectivity index (χ3v) is 4.73. The summed E-state index contributed by atoms with van der Waals surface area (Å²) in [6.07, 6.45) is 3.23. The van der Waals surface area contributed by atoms with Crippen LogP contribution in [0.2, 0.25) is 0 Å². The van der Waals surface area contributed by atoms with Gasteiger partial charge in [0.25, 0.3) is 0 Å². The summed E-state index contributed by atoms with van der Waals surface area (Å²) in [5.41, 5.74) is 1.13. The third-order valence-electron chi connectivity index (χ3n) is 3.62. The lowest BCUT2D eigenvalue weighted by Gasteiger charge is -2.19. The van der Waals surface area contributed by atoms with E-state index < -0.39 is 15.8 Å². The highest BCUT2D eigenvalue weighted by molar-refractivity contribution is 7.90. The van der Waals surface area contributed by atoms with Gasteiger partial charge < -0.3 is 4.42 Å². The van der Waals surface area contributed by atoms with E-state index >= 15 is 0 Å². The van der Waals surface area contributed by atoms with Gasteiger partial charge in [-0.2, -0.15) is 0 Å². The Bertz CT molecular complexity index is 849. The molecule has 1 fully saturated rings. The smallest absolute Gasteiger partial charge is 0.234 e. The third kappa shape index (κ3) is 2.44. The minimum Gasteiger partial charge on any atom is -0.464 e. The van der Waals surface area contributed by atoms with Crippen LogP contribution in [0.25, 0.3) is 11.0 Å². The van der Waals surface area contributed by atoms with E-state index in [0.29, 0.717) is 23.0 Å². The number of rotatable bonds is 2. The first-order chi connectivity index (χ1) is 9.86. The second-order valence-corrected chi connectivity index (χ2v) is 7.14. The minimum atomic E-state index is -3.34. The van der Waals surface area contributed by atoms with E-state index in [1.807, 2.05) is 0 Å². The van der Waals surface area contributed by atoms with Crippen LogP contribution >= 0.6 is 0 Å². The number of benzene rings is 1. The van der Waals surface area contributed by atoms with Crippen molar-refractivity contribution in [2.45, 2.75) is 23.7 Å². The molecule has 1 aliphatic heterocycles. The van der Waals surface area contributed by atoms with Crippen LogP contribution in [0, 0.1) is 0 Å². The average molecular weight is 307 g/mol. The molecule has 1 aromatic carbocycles. The van der Waals surface area contributed by atoms with Gasteiger partial charge in [0.05, 0.1) is 17.1 Å². The van der Waals surface area contributed by atoms with Crippen molar-refractivity contribution >= 4 is 32.6 Å². The van der Waals surface area contributed by atoms with Gasteiger partial charge in [-0.05, 0) is 24.6 Å². The summed E-state index contributed by atoms with van der Waals surface area (Å²) in [6.45, 7) is 0. The van der Waals surface area contributed by atoms with Gasteiger partial charge in [-0.15, -0.1) is 0 Å². The van der Waals surface area contributed by atoms with Crippen LogP contribution in [0.5, 0.6) is 0 Å². The maximum Gasteiger partial charge on any atom is 0.234 e. The van der Waals surface area contributed by atoms with E-state index in [1.54, 1.807) is 6.07 Å². The first-order valence-electron chi connectivity index (χ1n) is 6.41. The van der Waals surface area contributed by atoms with Crippen LogP contribution in [0.1, 0.15) is 24.3 Å². The van der Waals surface area contributed by atoms with Crippen molar-refractivity contribution in [1.29, 1.82) is 0 Å². The first-order valence-corrected chi connectivity index (χ1v) is 8.30. The molecule has 6 nitrogen and oxygen atoms in total. The molecule has 1 saturated heterocycles. The molecule has 0 bridgehead atoms. The van der Waals surface area contributed by atoms with E-state index in [4.69, 9.17) is 4.42 Å². The van der Waals surface area contributed by atoms with Gasteiger partial charge in [-0.25, -0.2) is 8.42 Å². The van der Waals surface area contributed by atoms with E-state index in [1.165, 1.54) is 18.4 Å². The van der Waals surface area contributed by atoms with Crippen molar-refractivity contribution in [1.82, 2.24) is 5.32 Å². The topological polar surface area (TPSA) is 93.4 Å². The number of fused-ring (bicyclic) bond motifs is 1. The predicted molar refractivity (Wildman–Crippen MR) is 74.4 cm³/mol. The highest BCUT2D eigenvalue weighted by atomic mass is 32.2. The molecule has 0 radical (unpaired) electrons. The van der Waals surface area contributed by atoms with Gasteiger partial charge in [0.1, 0.15) is 5.58 Å². The zero-order chi connectivity index (χ0) is 15.2. The Kier molecular flexibility index (Phi) is 3.09. The summed E-state index contributed by atoms with van der Waals surface area (Å²) in [4.78, 5) is 23.3. The van der Waals surface area contributed by atoms with Crippen molar-refractivity contribution in [3.8, 4) is 0 Å². The van der Waals surface area contributed by atoms with Crippen LogP contribution < -0.4 is 5.32 Å². The number of carbonyl (C=O) groups is 2. The Balaban J connectivity index is 2.11. The summed E-state index contributed by atoms with van der Waals surface area (Å²) < 4.78 is 28.7. The Morgan fingerprint density at radius 3 is 2.71 bits per heavy atom. The fourth-order valence-electron chi connectivity index (χ4n) is 2.52. The van der Waals surface area contributed by atoms with E-state index in [0.717, 1.165) is 6.26 Å². The first kappa shape index (κ1) is 13.8.